The van der Waals surface area contributed by atoms with Crippen molar-refractivity contribution in [2.45, 2.75) is 6.92 Å². The fourth-order valence-corrected chi connectivity index (χ4v) is 2.71. The van der Waals surface area contributed by atoms with Gasteiger partial charge in [-0.2, -0.15) is 0 Å². The number of amides is 1. The number of halogens is 1. The van der Waals surface area contributed by atoms with Crippen LogP contribution in [0, 0.1) is 6.92 Å². The largest absolute Gasteiger partial charge is 0.369 e. The summed E-state index contributed by atoms with van der Waals surface area (Å²) in [5, 5.41) is 3.59. The molecule has 1 saturated heterocycles. The number of piperazine rings is 1. The van der Waals surface area contributed by atoms with Crippen molar-refractivity contribution >= 4 is 23.2 Å². The summed E-state index contributed by atoms with van der Waals surface area (Å²) in [6, 6.07) is 6.03. The van der Waals surface area contributed by atoms with Crippen LogP contribution in [0.5, 0.6) is 0 Å². The van der Waals surface area contributed by atoms with Crippen molar-refractivity contribution in [1.29, 1.82) is 0 Å². The van der Waals surface area contributed by atoms with Crippen molar-refractivity contribution in [2.24, 2.45) is 0 Å². The summed E-state index contributed by atoms with van der Waals surface area (Å²) in [7, 11) is 0. The topological polar surface area (TPSA) is 35.6 Å². The first kappa shape index (κ1) is 15.9. The molecule has 1 aliphatic rings. The Labute approximate surface area is 131 Å². The lowest BCUT2D eigenvalue weighted by molar-refractivity contribution is -0.116. The maximum absolute atomic E-state index is 11.1. The summed E-state index contributed by atoms with van der Waals surface area (Å²) in [5.41, 5.74) is 2.48. The number of hydrogen-bond acceptors (Lipinski definition) is 3. The van der Waals surface area contributed by atoms with Crippen molar-refractivity contribution in [2.75, 3.05) is 44.2 Å². The number of hydrogen-bond donors (Lipinski definition) is 1. The lowest BCUT2D eigenvalue weighted by Gasteiger charge is -2.36. The van der Waals surface area contributed by atoms with Gasteiger partial charge in [0, 0.05) is 50.0 Å². The van der Waals surface area contributed by atoms with Crippen LogP contribution in [0.2, 0.25) is 5.02 Å². The van der Waals surface area contributed by atoms with E-state index in [1.165, 1.54) is 17.3 Å². The molecule has 0 bridgehead atoms. The quantitative estimate of drug-likeness (QED) is 0.846. The Bertz CT molecular complexity index is 510. The average molecular weight is 308 g/mol. The second kappa shape index (κ2) is 7.48. The fourth-order valence-electron chi connectivity index (χ4n) is 2.54. The molecular weight excluding hydrogens is 286 g/mol. The predicted octanol–water partition coefficient (Wildman–Crippen LogP) is 2.07. The van der Waals surface area contributed by atoms with Gasteiger partial charge in [0.1, 0.15) is 0 Å². The number of nitrogens with zero attached hydrogens (tertiary/aromatic N) is 2. The zero-order valence-corrected chi connectivity index (χ0v) is 13.2. The molecule has 114 valence electrons. The van der Waals surface area contributed by atoms with Crippen LogP contribution < -0.4 is 10.2 Å². The van der Waals surface area contributed by atoms with Crippen LogP contribution in [-0.2, 0) is 4.79 Å². The van der Waals surface area contributed by atoms with E-state index < -0.39 is 0 Å². The molecule has 0 saturated carbocycles. The molecule has 0 spiro atoms. The maximum atomic E-state index is 11.1. The molecule has 2 rings (SSSR count). The summed E-state index contributed by atoms with van der Waals surface area (Å²) < 4.78 is 0. The minimum atomic E-state index is -0.108. The summed E-state index contributed by atoms with van der Waals surface area (Å²) in [6.07, 6.45) is 1.31. The number of rotatable bonds is 5. The van der Waals surface area contributed by atoms with E-state index in [-0.39, 0.29) is 5.91 Å². The van der Waals surface area contributed by atoms with E-state index in [2.05, 4.69) is 34.7 Å². The van der Waals surface area contributed by atoms with Gasteiger partial charge >= 0.3 is 0 Å². The van der Waals surface area contributed by atoms with Gasteiger partial charge < -0.3 is 10.2 Å². The minimum absolute atomic E-state index is 0.108. The third kappa shape index (κ3) is 4.48. The molecule has 1 aromatic carbocycles. The highest BCUT2D eigenvalue weighted by molar-refractivity contribution is 6.30. The first-order valence-electron chi connectivity index (χ1n) is 7.24. The summed E-state index contributed by atoms with van der Waals surface area (Å²) in [6.45, 7) is 11.1. The van der Waals surface area contributed by atoms with E-state index >= 15 is 0 Å². The number of carbonyl (C=O) groups excluding carboxylic acids is 1. The number of anilines is 1. The highest BCUT2D eigenvalue weighted by atomic mass is 35.5. The number of benzene rings is 1. The summed E-state index contributed by atoms with van der Waals surface area (Å²) in [4.78, 5) is 15.8. The van der Waals surface area contributed by atoms with Gasteiger partial charge in [-0.15, -0.1) is 0 Å². The van der Waals surface area contributed by atoms with Crippen LogP contribution in [0.4, 0.5) is 5.69 Å². The SMILES string of the molecule is C=CC(=O)NCCN1CCN(c2cc(Cl)ccc2C)CC1. The van der Waals surface area contributed by atoms with Crippen molar-refractivity contribution in [1.82, 2.24) is 10.2 Å². The van der Waals surface area contributed by atoms with Crippen molar-refractivity contribution in [3.05, 3.63) is 41.4 Å². The summed E-state index contributed by atoms with van der Waals surface area (Å²) in [5.74, 6) is -0.108. The van der Waals surface area contributed by atoms with Crippen LogP contribution in [0.15, 0.2) is 30.9 Å². The highest BCUT2D eigenvalue weighted by Crippen LogP contribution is 2.25. The first-order valence-corrected chi connectivity index (χ1v) is 7.61. The van der Waals surface area contributed by atoms with Gasteiger partial charge in [-0.3, -0.25) is 9.69 Å². The molecule has 0 unspecified atom stereocenters. The zero-order chi connectivity index (χ0) is 15.2. The lowest BCUT2D eigenvalue weighted by Crippen LogP contribution is -2.48. The summed E-state index contributed by atoms with van der Waals surface area (Å²) >= 11 is 6.09. The van der Waals surface area contributed by atoms with E-state index in [0.717, 1.165) is 37.7 Å². The van der Waals surface area contributed by atoms with Gasteiger partial charge in [0.2, 0.25) is 5.91 Å². The molecule has 1 aromatic rings. The number of carbonyl (C=O) groups is 1. The second-order valence-corrected chi connectivity index (χ2v) is 5.69. The van der Waals surface area contributed by atoms with Gasteiger partial charge in [-0.1, -0.05) is 24.2 Å². The average Bonchev–Trinajstić information content (AvgIpc) is 2.50. The van der Waals surface area contributed by atoms with Crippen LogP contribution in [-0.4, -0.2) is 50.1 Å². The minimum Gasteiger partial charge on any atom is -0.369 e. The molecule has 4 nitrogen and oxygen atoms in total. The Kier molecular flexibility index (Phi) is 5.65. The smallest absolute Gasteiger partial charge is 0.243 e. The van der Waals surface area contributed by atoms with Gasteiger partial charge in [0.15, 0.2) is 0 Å². The molecule has 1 heterocycles. The van der Waals surface area contributed by atoms with Crippen LogP contribution in [0.25, 0.3) is 0 Å². The Morgan fingerprint density at radius 1 is 1.38 bits per heavy atom. The molecule has 1 aliphatic heterocycles. The van der Waals surface area contributed by atoms with Gasteiger partial charge in [-0.25, -0.2) is 0 Å². The van der Waals surface area contributed by atoms with E-state index in [4.69, 9.17) is 11.6 Å². The molecule has 0 atom stereocenters. The monoisotopic (exact) mass is 307 g/mol. The van der Waals surface area contributed by atoms with Gasteiger partial charge in [-0.05, 0) is 30.7 Å². The fraction of sp³-hybridized carbons (Fsp3) is 0.438. The van der Waals surface area contributed by atoms with E-state index in [9.17, 15) is 4.79 Å². The molecule has 1 N–H and O–H groups in total. The Hall–Kier alpha value is -1.52. The molecule has 1 amide bonds. The zero-order valence-electron chi connectivity index (χ0n) is 12.4. The van der Waals surface area contributed by atoms with Gasteiger partial charge in [0.05, 0.1) is 0 Å². The molecule has 1 fully saturated rings. The Morgan fingerprint density at radius 2 is 2.10 bits per heavy atom. The number of nitrogens with one attached hydrogen (secondary N) is 1. The maximum Gasteiger partial charge on any atom is 0.243 e. The van der Waals surface area contributed by atoms with E-state index in [1.54, 1.807) is 0 Å². The van der Waals surface area contributed by atoms with Crippen LogP contribution in [0.1, 0.15) is 5.56 Å². The Balaban J connectivity index is 1.81. The molecule has 21 heavy (non-hydrogen) atoms. The predicted molar refractivity (Wildman–Crippen MR) is 88.0 cm³/mol. The normalized spacial score (nSPS) is 15.8. The van der Waals surface area contributed by atoms with Crippen molar-refractivity contribution < 1.29 is 4.79 Å². The van der Waals surface area contributed by atoms with E-state index in [1.807, 2.05) is 12.1 Å². The van der Waals surface area contributed by atoms with Crippen molar-refractivity contribution in [3.8, 4) is 0 Å². The Morgan fingerprint density at radius 3 is 2.76 bits per heavy atom. The third-order valence-corrected chi connectivity index (χ3v) is 4.03. The molecule has 0 radical (unpaired) electrons. The standard InChI is InChI=1S/C16H22ClN3O/c1-3-16(21)18-6-7-19-8-10-20(11-9-19)15-12-14(17)5-4-13(15)2/h3-5,12H,1,6-11H2,2H3,(H,18,21). The van der Waals surface area contributed by atoms with Crippen LogP contribution >= 0.6 is 11.6 Å². The first-order chi connectivity index (χ1) is 10.1. The van der Waals surface area contributed by atoms with Crippen molar-refractivity contribution in [3.63, 3.8) is 0 Å². The van der Waals surface area contributed by atoms with Crippen LogP contribution in [0.3, 0.4) is 0 Å². The molecule has 0 aliphatic carbocycles. The molecular formula is C16H22ClN3O. The second-order valence-electron chi connectivity index (χ2n) is 5.25. The van der Waals surface area contributed by atoms with E-state index in [0.29, 0.717) is 6.54 Å². The third-order valence-electron chi connectivity index (χ3n) is 3.80. The highest BCUT2D eigenvalue weighted by Gasteiger charge is 2.18. The molecule has 0 aromatic heterocycles. The lowest BCUT2D eigenvalue weighted by atomic mass is 10.1. The molecule has 5 heteroatoms. The number of aryl methyl sites for hydroxylation is 1. The van der Waals surface area contributed by atoms with Gasteiger partial charge in [0.25, 0.3) is 0 Å².